The molecule has 0 radical (unpaired) electrons. The maximum Gasteiger partial charge on any atom is 0.243 e. The molecule has 0 bridgehead atoms. The molecule has 2 fully saturated rings. The fourth-order valence-corrected chi connectivity index (χ4v) is 6.99. The van der Waals surface area contributed by atoms with E-state index in [4.69, 9.17) is 0 Å². The van der Waals surface area contributed by atoms with Crippen LogP contribution in [-0.2, 0) is 29.7 Å². The molecule has 1 saturated carbocycles. The summed E-state index contributed by atoms with van der Waals surface area (Å²) in [6, 6.07) is 8.54. The fourth-order valence-electron chi connectivity index (χ4n) is 5.62. The summed E-state index contributed by atoms with van der Waals surface area (Å²) in [5.74, 6) is 1.17. The molecule has 1 aliphatic heterocycles. The third-order valence-corrected chi connectivity index (χ3v) is 9.58. The van der Waals surface area contributed by atoms with Crippen LogP contribution in [0.4, 0.5) is 0 Å². The Morgan fingerprint density at radius 1 is 0.865 bits per heavy atom. The van der Waals surface area contributed by atoms with Crippen LogP contribution < -0.4 is 5.32 Å². The van der Waals surface area contributed by atoms with Gasteiger partial charge >= 0.3 is 0 Å². The van der Waals surface area contributed by atoms with Gasteiger partial charge in [0.25, 0.3) is 0 Å². The number of likely N-dealkylation sites (tertiary alicyclic amines) is 1. The molecule has 3 heterocycles. The van der Waals surface area contributed by atoms with Gasteiger partial charge in [0.1, 0.15) is 11.6 Å². The molecule has 0 atom stereocenters. The Kier molecular flexibility index (Phi) is 8.70. The number of nitrogens with zero attached hydrogens (tertiary/aromatic N) is 4. The zero-order valence-electron chi connectivity index (χ0n) is 21.5. The molecule has 2 aliphatic rings. The number of rotatable bonds is 10. The summed E-state index contributed by atoms with van der Waals surface area (Å²) in [4.78, 5) is 17.4. The predicted molar refractivity (Wildman–Crippen MR) is 143 cm³/mol. The van der Waals surface area contributed by atoms with Crippen molar-refractivity contribution in [2.75, 3.05) is 13.1 Å². The molecule has 3 aromatic rings. The summed E-state index contributed by atoms with van der Waals surface area (Å²) < 4.78 is 28.4. The van der Waals surface area contributed by atoms with Crippen molar-refractivity contribution in [2.45, 2.75) is 88.0 Å². The number of hydrogen-bond donors (Lipinski definition) is 3. The zero-order chi connectivity index (χ0) is 25.5. The van der Waals surface area contributed by atoms with E-state index in [0.29, 0.717) is 17.7 Å². The molecule has 1 saturated heterocycles. The minimum absolute atomic E-state index is 0.138. The van der Waals surface area contributed by atoms with Crippen LogP contribution in [-0.4, -0.2) is 62.7 Å². The summed E-state index contributed by atoms with van der Waals surface area (Å²) in [5, 5.41) is 3.71. The Balaban J connectivity index is 1.16. The maximum atomic E-state index is 13.5. The summed E-state index contributed by atoms with van der Waals surface area (Å²) in [5.41, 5.74) is 1.09. The van der Waals surface area contributed by atoms with Crippen molar-refractivity contribution in [3.8, 4) is 0 Å². The fraction of sp³-hybridized carbons (Fsp3) is 0.556. The van der Waals surface area contributed by atoms with Gasteiger partial charge in [-0.15, -0.1) is 0 Å². The van der Waals surface area contributed by atoms with Gasteiger partial charge in [-0.3, -0.25) is 0 Å². The lowest BCUT2D eigenvalue weighted by atomic mass is 9.90. The lowest BCUT2D eigenvalue weighted by molar-refractivity contribution is 0.148. The molecular formula is C27H39N7O2S. The zero-order valence-corrected chi connectivity index (χ0v) is 22.3. The standard InChI is InChI=1S/C27H39N7O2S/c35-37(36,34(20-26-28-13-14-29-26)21-27-30-15-16-31-27)25-11-5-22(6-12-25)19-32-23-7-9-24(10-8-23)33-17-3-1-2-4-18-33/h5-6,11-16,23-24,32H,1-4,7-10,17-21H2,(H,28,29)(H,30,31). The highest BCUT2D eigenvalue weighted by Gasteiger charge is 2.28. The van der Waals surface area contributed by atoms with Crippen molar-refractivity contribution in [1.29, 1.82) is 0 Å². The van der Waals surface area contributed by atoms with Crippen LogP contribution in [0, 0.1) is 0 Å². The Morgan fingerprint density at radius 2 is 1.46 bits per heavy atom. The van der Waals surface area contributed by atoms with E-state index in [1.165, 1.54) is 68.8 Å². The summed E-state index contributed by atoms with van der Waals surface area (Å²) in [6.07, 6.45) is 17.1. The van der Waals surface area contributed by atoms with Gasteiger partial charge in [0.05, 0.1) is 18.0 Å². The van der Waals surface area contributed by atoms with Crippen LogP contribution in [0.3, 0.4) is 0 Å². The Hall–Kier alpha value is -2.53. The number of aromatic nitrogens is 4. The Morgan fingerprint density at radius 3 is 2.00 bits per heavy atom. The molecule has 5 rings (SSSR count). The van der Waals surface area contributed by atoms with E-state index in [1.54, 1.807) is 36.9 Å². The van der Waals surface area contributed by atoms with Crippen molar-refractivity contribution >= 4 is 10.0 Å². The third-order valence-electron chi connectivity index (χ3n) is 7.77. The summed E-state index contributed by atoms with van der Waals surface area (Å²) in [6.45, 7) is 3.58. The Labute approximate surface area is 220 Å². The normalized spacial score (nSPS) is 21.8. The first-order valence-corrected chi connectivity index (χ1v) is 15.0. The molecule has 1 aromatic carbocycles. The van der Waals surface area contributed by atoms with E-state index >= 15 is 0 Å². The van der Waals surface area contributed by atoms with Crippen LogP contribution in [0.25, 0.3) is 0 Å². The molecule has 3 N–H and O–H groups in total. The number of nitrogens with one attached hydrogen (secondary N) is 3. The average Bonchev–Trinajstić information content (AvgIpc) is 3.57. The SMILES string of the molecule is O=S(=O)(c1ccc(CNC2CCC(N3CCCCCC3)CC2)cc1)N(Cc1ncc[nH]1)Cc1ncc[nH]1. The number of imidazole rings is 2. The van der Waals surface area contributed by atoms with E-state index in [2.05, 4.69) is 30.2 Å². The predicted octanol–water partition coefficient (Wildman–Crippen LogP) is 3.80. The van der Waals surface area contributed by atoms with Crippen molar-refractivity contribution in [3.05, 3.63) is 66.3 Å². The van der Waals surface area contributed by atoms with E-state index in [0.717, 1.165) is 18.2 Å². The second-order valence-corrected chi connectivity index (χ2v) is 12.3. The molecule has 2 aromatic heterocycles. The van der Waals surface area contributed by atoms with Crippen LogP contribution in [0.1, 0.15) is 68.6 Å². The number of H-pyrrole nitrogens is 2. The minimum atomic E-state index is -3.74. The van der Waals surface area contributed by atoms with Gasteiger partial charge in [-0.2, -0.15) is 4.31 Å². The lowest BCUT2D eigenvalue weighted by Gasteiger charge is -2.36. The van der Waals surface area contributed by atoms with Gasteiger partial charge in [-0.1, -0.05) is 25.0 Å². The molecule has 1 aliphatic carbocycles. The van der Waals surface area contributed by atoms with Crippen LogP contribution in [0.15, 0.2) is 53.9 Å². The molecule has 0 amide bonds. The third kappa shape index (κ3) is 6.87. The topological polar surface area (TPSA) is 110 Å². The van der Waals surface area contributed by atoms with Crippen molar-refractivity contribution in [2.24, 2.45) is 0 Å². The molecule has 200 valence electrons. The number of benzene rings is 1. The van der Waals surface area contributed by atoms with Gasteiger partial charge in [-0.05, 0) is 69.3 Å². The lowest BCUT2D eigenvalue weighted by Crippen LogP contribution is -2.42. The Bertz CT molecular complexity index is 1130. The first-order valence-electron chi connectivity index (χ1n) is 13.6. The highest BCUT2D eigenvalue weighted by molar-refractivity contribution is 7.89. The number of aromatic amines is 2. The van der Waals surface area contributed by atoms with Crippen molar-refractivity contribution in [3.63, 3.8) is 0 Å². The minimum Gasteiger partial charge on any atom is -0.347 e. The number of sulfonamides is 1. The largest absolute Gasteiger partial charge is 0.347 e. The van der Waals surface area contributed by atoms with E-state index in [9.17, 15) is 8.42 Å². The molecular weight excluding hydrogens is 486 g/mol. The van der Waals surface area contributed by atoms with Crippen LogP contribution >= 0.6 is 0 Å². The second kappa shape index (κ2) is 12.3. The first kappa shape index (κ1) is 26.1. The van der Waals surface area contributed by atoms with Crippen LogP contribution in [0.2, 0.25) is 0 Å². The summed E-state index contributed by atoms with van der Waals surface area (Å²) >= 11 is 0. The van der Waals surface area contributed by atoms with Crippen molar-refractivity contribution < 1.29 is 8.42 Å². The van der Waals surface area contributed by atoms with E-state index in [1.807, 2.05) is 12.1 Å². The van der Waals surface area contributed by atoms with Gasteiger partial charge in [0, 0.05) is 43.4 Å². The first-order chi connectivity index (χ1) is 18.1. The average molecular weight is 526 g/mol. The van der Waals surface area contributed by atoms with Crippen LogP contribution in [0.5, 0.6) is 0 Å². The maximum absolute atomic E-state index is 13.5. The van der Waals surface area contributed by atoms with E-state index < -0.39 is 10.0 Å². The highest BCUT2D eigenvalue weighted by Crippen LogP contribution is 2.26. The smallest absolute Gasteiger partial charge is 0.243 e. The molecule has 10 heteroatoms. The molecule has 9 nitrogen and oxygen atoms in total. The molecule has 37 heavy (non-hydrogen) atoms. The monoisotopic (exact) mass is 525 g/mol. The number of hydrogen-bond acceptors (Lipinski definition) is 6. The van der Waals surface area contributed by atoms with E-state index in [-0.39, 0.29) is 18.0 Å². The summed E-state index contributed by atoms with van der Waals surface area (Å²) in [7, 11) is -3.74. The highest BCUT2D eigenvalue weighted by atomic mass is 32.2. The van der Waals surface area contributed by atoms with Gasteiger partial charge < -0.3 is 20.2 Å². The van der Waals surface area contributed by atoms with Gasteiger partial charge in [0.2, 0.25) is 10.0 Å². The van der Waals surface area contributed by atoms with Gasteiger partial charge in [-0.25, -0.2) is 18.4 Å². The van der Waals surface area contributed by atoms with Gasteiger partial charge in [0.15, 0.2) is 0 Å². The molecule has 0 unspecified atom stereocenters. The second-order valence-electron chi connectivity index (χ2n) is 10.3. The molecule has 0 spiro atoms. The quantitative estimate of drug-likeness (QED) is 0.371. The van der Waals surface area contributed by atoms with Crippen molar-refractivity contribution in [1.82, 2.24) is 34.5 Å².